The molecule has 0 aromatic heterocycles. The van der Waals surface area contributed by atoms with Crippen LogP contribution < -0.4 is 9.47 Å². The van der Waals surface area contributed by atoms with Crippen LogP contribution in [0, 0.1) is 12.8 Å². The Kier molecular flexibility index (Phi) is 4.37. The summed E-state index contributed by atoms with van der Waals surface area (Å²) in [4.78, 5) is 12.3. The molecular weight excluding hydrogens is 264 g/mol. The van der Waals surface area contributed by atoms with E-state index in [9.17, 15) is 4.79 Å². The summed E-state index contributed by atoms with van der Waals surface area (Å²) in [5.41, 5.74) is 1.34. The van der Waals surface area contributed by atoms with Crippen molar-refractivity contribution in [1.29, 1.82) is 0 Å². The van der Waals surface area contributed by atoms with Crippen molar-refractivity contribution in [2.24, 2.45) is 5.92 Å². The molecule has 0 saturated heterocycles. The summed E-state index contributed by atoms with van der Waals surface area (Å²) in [6.45, 7) is 3.97. The molecule has 0 aliphatic carbocycles. The first kappa shape index (κ1) is 14.2. The summed E-state index contributed by atoms with van der Waals surface area (Å²) in [7, 11) is 1.57. The zero-order valence-corrected chi connectivity index (χ0v) is 12.4. The number of benzene rings is 1. The minimum Gasteiger partial charge on any atom is -0.478 e. The number of ether oxygens (including phenoxy) is 3. The summed E-state index contributed by atoms with van der Waals surface area (Å²) in [6.07, 6.45) is 1.94. The minimum absolute atomic E-state index is 0.127. The largest absolute Gasteiger partial charge is 0.478 e. The quantitative estimate of drug-likeness (QED) is 0.795. The van der Waals surface area contributed by atoms with E-state index in [0.717, 1.165) is 5.56 Å². The smallest absolute Gasteiger partial charge is 0.188 e. The van der Waals surface area contributed by atoms with Gasteiger partial charge in [0.1, 0.15) is 11.5 Å². The van der Waals surface area contributed by atoms with Crippen LogP contribution in [0.4, 0.5) is 0 Å². The molecule has 19 heavy (non-hydrogen) atoms. The lowest BCUT2D eigenvalue weighted by molar-refractivity contribution is 0.0501. The van der Waals surface area contributed by atoms with Crippen LogP contribution in [-0.2, 0) is 4.74 Å². The Morgan fingerprint density at radius 2 is 2.16 bits per heavy atom. The van der Waals surface area contributed by atoms with Crippen molar-refractivity contribution in [3.8, 4) is 11.5 Å². The van der Waals surface area contributed by atoms with Crippen LogP contribution in [-0.4, -0.2) is 31.4 Å². The molecule has 0 fully saturated rings. The van der Waals surface area contributed by atoms with Crippen LogP contribution >= 0.6 is 11.8 Å². The number of ketones is 1. The van der Waals surface area contributed by atoms with Crippen molar-refractivity contribution < 1.29 is 19.0 Å². The van der Waals surface area contributed by atoms with Gasteiger partial charge in [-0.1, -0.05) is 6.92 Å². The molecule has 1 aromatic carbocycles. The maximum Gasteiger partial charge on any atom is 0.188 e. The molecule has 1 aliphatic rings. The number of carbonyl (C=O) groups excluding carboxylic acids is 1. The molecule has 0 bridgehead atoms. The molecule has 0 spiro atoms. The van der Waals surface area contributed by atoms with E-state index < -0.39 is 0 Å². The van der Waals surface area contributed by atoms with Gasteiger partial charge < -0.3 is 14.2 Å². The second-order valence-electron chi connectivity index (χ2n) is 4.49. The molecule has 0 radical (unpaired) electrons. The first-order valence-electron chi connectivity index (χ1n) is 6.09. The molecule has 1 heterocycles. The number of methoxy groups -OCH3 is 1. The zero-order valence-electron chi connectivity index (χ0n) is 11.6. The fourth-order valence-electron chi connectivity index (χ4n) is 2.14. The molecule has 0 saturated carbocycles. The third-order valence-electron chi connectivity index (χ3n) is 3.24. The molecule has 104 valence electrons. The molecule has 5 heteroatoms. The Hall–Kier alpha value is -1.20. The molecule has 4 nitrogen and oxygen atoms in total. The van der Waals surface area contributed by atoms with Crippen molar-refractivity contribution >= 4 is 17.5 Å². The number of carbonyl (C=O) groups is 1. The van der Waals surface area contributed by atoms with Gasteiger partial charge in [0.15, 0.2) is 18.0 Å². The van der Waals surface area contributed by atoms with Gasteiger partial charge in [0.2, 0.25) is 0 Å². The van der Waals surface area contributed by atoms with Gasteiger partial charge in [0, 0.05) is 12.7 Å². The molecular formula is C14H18O4S. The molecule has 2 atom stereocenters. The Balaban J connectivity index is 2.39. The number of hydrogen-bond donors (Lipinski definition) is 0. The van der Waals surface area contributed by atoms with E-state index in [0.29, 0.717) is 17.1 Å². The Morgan fingerprint density at radius 3 is 2.79 bits per heavy atom. The van der Waals surface area contributed by atoms with Crippen LogP contribution in [0.2, 0.25) is 0 Å². The summed E-state index contributed by atoms with van der Waals surface area (Å²) in [6, 6.07) is 3.56. The van der Waals surface area contributed by atoms with E-state index in [-0.39, 0.29) is 23.9 Å². The van der Waals surface area contributed by atoms with Gasteiger partial charge in [0.25, 0.3) is 0 Å². The highest BCUT2D eigenvalue weighted by atomic mass is 32.2. The monoisotopic (exact) mass is 282 g/mol. The Morgan fingerprint density at radius 1 is 1.42 bits per heavy atom. The number of rotatable bonds is 4. The maximum absolute atomic E-state index is 12.3. The molecule has 0 amide bonds. The van der Waals surface area contributed by atoms with E-state index in [2.05, 4.69) is 0 Å². The molecule has 0 N–H and O–H groups in total. The van der Waals surface area contributed by atoms with E-state index in [4.69, 9.17) is 14.2 Å². The number of Topliss-reactive ketones (excluding diaryl/α,β-unsaturated/α-hetero) is 1. The fraction of sp³-hybridized carbons (Fsp3) is 0.500. The summed E-state index contributed by atoms with van der Waals surface area (Å²) in [5.74, 6) is 1.31. The van der Waals surface area contributed by atoms with Gasteiger partial charge in [-0.2, -0.15) is 0 Å². The van der Waals surface area contributed by atoms with Crippen LogP contribution in [0.25, 0.3) is 0 Å². The van der Waals surface area contributed by atoms with E-state index in [1.165, 1.54) is 0 Å². The van der Waals surface area contributed by atoms with Crippen molar-refractivity contribution in [3.05, 3.63) is 23.3 Å². The van der Waals surface area contributed by atoms with Crippen molar-refractivity contribution in [1.82, 2.24) is 0 Å². The van der Waals surface area contributed by atoms with Gasteiger partial charge in [-0.15, -0.1) is 11.8 Å². The van der Waals surface area contributed by atoms with E-state index in [1.54, 1.807) is 31.0 Å². The average Bonchev–Trinajstić information content (AvgIpc) is 2.42. The van der Waals surface area contributed by atoms with E-state index >= 15 is 0 Å². The van der Waals surface area contributed by atoms with Gasteiger partial charge in [0.05, 0.1) is 11.5 Å². The Labute approximate surface area is 117 Å². The van der Waals surface area contributed by atoms with Crippen molar-refractivity contribution in [2.75, 3.05) is 20.2 Å². The van der Waals surface area contributed by atoms with Crippen LogP contribution in [0.1, 0.15) is 22.8 Å². The first-order chi connectivity index (χ1) is 9.10. The molecule has 1 aliphatic heterocycles. The Bertz CT molecular complexity index is 487. The number of fused-ring (bicyclic) bond motifs is 1. The van der Waals surface area contributed by atoms with Gasteiger partial charge in [-0.25, -0.2) is 0 Å². The van der Waals surface area contributed by atoms with Gasteiger partial charge in [-0.05, 0) is 25.3 Å². The highest BCUT2D eigenvalue weighted by molar-refractivity contribution is 7.99. The second kappa shape index (κ2) is 5.84. The maximum atomic E-state index is 12.3. The molecule has 2 unspecified atom stereocenters. The minimum atomic E-state index is -0.142. The highest BCUT2D eigenvalue weighted by Crippen LogP contribution is 2.40. The lowest BCUT2D eigenvalue weighted by Gasteiger charge is -2.30. The van der Waals surface area contributed by atoms with Gasteiger partial charge >= 0.3 is 0 Å². The molecule has 2 rings (SSSR count). The third kappa shape index (κ3) is 2.58. The number of hydrogen-bond acceptors (Lipinski definition) is 5. The summed E-state index contributed by atoms with van der Waals surface area (Å²) >= 11 is 1.55. The predicted octanol–water partition coefficient (Wildman–Crippen LogP) is 2.88. The number of thioether (sulfide) groups is 1. The van der Waals surface area contributed by atoms with Crippen LogP contribution in [0.5, 0.6) is 11.5 Å². The first-order valence-corrected chi connectivity index (χ1v) is 7.38. The van der Waals surface area contributed by atoms with Crippen molar-refractivity contribution in [3.63, 3.8) is 0 Å². The van der Waals surface area contributed by atoms with Crippen LogP contribution in [0.15, 0.2) is 12.1 Å². The lowest BCUT2D eigenvalue weighted by Crippen LogP contribution is -2.33. The lowest BCUT2D eigenvalue weighted by atomic mass is 9.94. The zero-order chi connectivity index (χ0) is 14.0. The fourth-order valence-corrected chi connectivity index (χ4v) is 2.86. The normalized spacial score (nSPS) is 21.8. The van der Waals surface area contributed by atoms with Gasteiger partial charge in [-0.3, -0.25) is 4.79 Å². The topological polar surface area (TPSA) is 44.8 Å². The van der Waals surface area contributed by atoms with Crippen molar-refractivity contribution in [2.45, 2.75) is 19.3 Å². The third-order valence-corrected chi connectivity index (χ3v) is 4.21. The summed E-state index contributed by atoms with van der Waals surface area (Å²) in [5, 5.41) is 0. The highest BCUT2D eigenvalue weighted by Gasteiger charge is 2.35. The predicted molar refractivity (Wildman–Crippen MR) is 75.1 cm³/mol. The SMILES string of the molecule is COCOc1ccc2c(c1C)OC(SC)C(C)C2=O. The van der Waals surface area contributed by atoms with E-state index in [1.807, 2.05) is 20.1 Å². The summed E-state index contributed by atoms with van der Waals surface area (Å²) < 4.78 is 16.3. The standard InChI is InChI=1S/C14H18O4S/c1-8-11(17-7-16-3)6-5-10-12(15)9(2)14(19-4)18-13(8)10/h5-6,9,14H,7H2,1-4H3. The average molecular weight is 282 g/mol. The molecule has 1 aromatic rings. The second-order valence-corrected chi connectivity index (χ2v) is 5.43. The van der Waals surface area contributed by atoms with Crippen LogP contribution in [0.3, 0.4) is 0 Å².